The summed E-state index contributed by atoms with van der Waals surface area (Å²) in [6.45, 7) is 19.8. The van der Waals surface area contributed by atoms with Crippen molar-refractivity contribution in [3.05, 3.63) is 25.3 Å². The molecule has 3 rings (SSSR count). The average Bonchev–Trinajstić information content (AvgIpc) is 3.28. The van der Waals surface area contributed by atoms with Crippen LogP contribution >= 0.6 is 0 Å². The Bertz CT molecular complexity index is 1070. The summed E-state index contributed by atoms with van der Waals surface area (Å²) in [7, 11) is 0. The molecule has 10 heteroatoms. The standard InChI is InChI=1S/C33H53N5O5/c1-9-11-17-24(28(39)30(41)34-18-10-2)35-29(40)27-25-23(33(25,7)8)19-37(27)31(42)26(22-15-13-12-14-16-22)36-32(43)38(20(3)4)21(5)6/h9-10,20-27H,1-2,11-19H2,3-8H3,(H,34,41)(H,35,40)(H,36,43)/t23?,24-,25+,26+,27+/m1/s1. The highest BCUT2D eigenvalue weighted by atomic mass is 16.2. The summed E-state index contributed by atoms with van der Waals surface area (Å²) in [5.74, 6) is -2.18. The van der Waals surface area contributed by atoms with Gasteiger partial charge in [-0.3, -0.25) is 19.2 Å². The van der Waals surface area contributed by atoms with Crippen molar-refractivity contribution in [2.24, 2.45) is 23.2 Å². The van der Waals surface area contributed by atoms with E-state index in [1.807, 2.05) is 27.7 Å². The van der Waals surface area contributed by atoms with Crippen LogP contribution in [-0.4, -0.2) is 82.6 Å². The lowest BCUT2D eigenvalue weighted by atomic mass is 9.83. The van der Waals surface area contributed by atoms with Crippen molar-refractivity contribution in [3.63, 3.8) is 0 Å². The Morgan fingerprint density at radius 3 is 2.14 bits per heavy atom. The zero-order valence-corrected chi connectivity index (χ0v) is 27.0. The van der Waals surface area contributed by atoms with Crippen LogP contribution in [0.5, 0.6) is 0 Å². The number of allylic oxidation sites excluding steroid dienone is 1. The van der Waals surface area contributed by atoms with Crippen molar-refractivity contribution < 1.29 is 24.0 Å². The summed E-state index contributed by atoms with van der Waals surface area (Å²) in [5.41, 5.74) is -0.142. The van der Waals surface area contributed by atoms with Crippen molar-refractivity contribution in [2.75, 3.05) is 13.1 Å². The number of nitrogens with zero attached hydrogens (tertiary/aromatic N) is 2. The van der Waals surface area contributed by atoms with Crippen LogP contribution in [0.3, 0.4) is 0 Å². The van der Waals surface area contributed by atoms with Gasteiger partial charge in [0.05, 0.1) is 6.04 Å². The topological polar surface area (TPSA) is 128 Å². The number of piperidine rings is 1. The molecule has 0 aromatic heterocycles. The lowest BCUT2D eigenvalue weighted by molar-refractivity contribution is -0.144. The molecule has 3 aliphatic rings. The van der Waals surface area contributed by atoms with Crippen LogP contribution < -0.4 is 16.0 Å². The smallest absolute Gasteiger partial charge is 0.318 e. The van der Waals surface area contributed by atoms with Gasteiger partial charge in [0.2, 0.25) is 17.6 Å². The quantitative estimate of drug-likeness (QED) is 0.208. The molecule has 2 saturated carbocycles. The first kappa shape index (κ1) is 34.3. The van der Waals surface area contributed by atoms with Crippen LogP contribution in [0.1, 0.15) is 86.5 Å². The fourth-order valence-electron chi connectivity index (χ4n) is 7.33. The number of amides is 5. The molecule has 240 valence electrons. The second-order valence-corrected chi connectivity index (χ2v) is 13.6. The number of ketones is 1. The van der Waals surface area contributed by atoms with Gasteiger partial charge in [-0.1, -0.05) is 45.3 Å². The Kier molecular flexibility index (Phi) is 11.6. The second-order valence-electron chi connectivity index (χ2n) is 13.6. The van der Waals surface area contributed by atoms with Crippen molar-refractivity contribution in [3.8, 4) is 0 Å². The Hall–Kier alpha value is -3.17. The van der Waals surface area contributed by atoms with E-state index in [9.17, 15) is 24.0 Å². The molecule has 2 aliphatic carbocycles. The van der Waals surface area contributed by atoms with Gasteiger partial charge >= 0.3 is 6.03 Å². The lowest BCUT2D eigenvalue weighted by Gasteiger charge is -2.39. The van der Waals surface area contributed by atoms with E-state index < -0.39 is 35.7 Å². The number of hydrogen-bond donors (Lipinski definition) is 3. The molecule has 5 atom stereocenters. The van der Waals surface area contributed by atoms with Gasteiger partial charge in [0, 0.05) is 25.2 Å². The van der Waals surface area contributed by atoms with Crippen molar-refractivity contribution >= 4 is 29.5 Å². The molecule has 0 aromatic rings. The van der Waals surface area contributed by atoms with Gasteiger partial charge < -0.3 is 25.8 Å². The van der Waals surface area contributed by atoms with E-state index in [-0.39, 0.29) is 60.2 Å². The summed E-state index contributed by atoms with van der Waals surface area (Å²) >= 11 is 0. The van der Waals surface area contributed by atoms with E-state index in [4.69, 9.17) is 0 Å². The number of fused-ring (bicyclic) bond motifs is 1. The van der Waals surface area contributed by atoms with Crippen molar-refractivity contribution in [1.82, 2.24) is 25.8 Å². The molecule has 1 aliphatic heterocycles. The summed E-state index contributed by atoms with van der Waals surface area (Å²) in [4.78, 5) is 70.8. The third-order valence-corrected chi connectivity index (χ3v) is 9.70. The fourth-order valence-corrected chi connectivity index (χ4v) is 7.33. The van der Waals surface area contributed by atoms with Gasteiger partial charge in [0.25, 0.3) is 5.91 Å². The molecule has 10 nitrogen and oxygen atoms in total. The zero-order valence-electron chi connectivity index (χ0n) is 27.0. The molecule has 5 amide bonds. The molecule has 3 fully saturated rings. The number of rotatable bonds is 14. The number of carbonyl (C=O) groups is 5. The van der Waals surface area contributed by atoms with E-state index in [0.717, 1.165) is 32.1 Å². The first-order valence-corrected chi connectivity index (χ1v) is 16.0. The molecule has 0 radical (unpaired) electrons. The normalized spacial score (nSPS) is 24.0. The van der Waals surface area contributed by atoms with Gasteiger partial charge in [0.1, 0.15) is 12.1 Å². The maximum atomic E-state index is 14.4. The second kappa shape index (κ2) is 14.5. The predicted octanol–water partition coefficient (Wildman–Crippen LogP) is 3.57. The first-order valence-electron chi connectivity index (χ1n) is 16.0. The molecule has 1 unspecified atom stereocenters. The van der Waals surface area contributed by atoms with Crippen LogP contribution in [0.25, 0.3) is 0 Å². The lowest BCUT2D eigenvalue weighted by Crippen LogP contribution is -2.61. The van der Waals surface area contributed by atoms with Crippen LogP contribution in [0, 0.1) is 23.2 Å². The molecular weight excluding hydrogens is 546 g/mol. The molecule has 0 bridgehead atoms. The summed E-state index contributed by atoms with van der Waals surface area (Å²) in [5, 5.41) is 8.41. The molecule has 0 spiro atoms. The van der Waals surface area contributed by atoms with Crippen LogP contribution in [0.15, 0.2) is 25.3 Å². The molecule has 43 heavy (non-hydrogen) atoms. The van der Waals surface area contributed by atoms with Gasteiger partial charge in [-0.2, -0.15) is 0 Å². The van der Waals surface area contributed by atoms with Crippen molar-refractivity contribution in [1.29, 1.82) is 0 Å². The number of Topliss-reactive ketones (excluding diaryl/α,β-unsaturated/α-hetero) is 1. The number of hydrogen-bond acceptors (Lipinski definition) is 5. The van der Waals surface area contributed by atoms with E-state index in [0.29, 0.717) is 13.0 Å². The number of nitrogens with one attached hydrogen (secondary N) is 3. The third kappa shape index (κ3) is 7.68. The minimum Gasteiger partial charge on any atom is -0.346 e. The largest absolute Gasteiger partial charge is 0.346 e. The zero-order chi connectivity index (χ0) is 32.1. The summed E-state index contributed by atoms with van der Waals surface area (Å²) in [6.07, 6.45) is 8.50. The Balaban J connectivity index is 1.88. The predicted molar refractivity (Wildman–Crippen MR) is 167 cm³/mol. The van der Waals surface area contributed by atoms with Gasteiger partial charge in [-0.05, 0) is 76.5 Å². The van der Waals surface area contributed by atoms with Crippen LogP contribution in [0.4, 0.5) is 4.79 Å². The summed E-state index contributed by atoms with van der Waals surface area (Å²) < 4.78 is 0. The maximum absolute atomic E-state index is 14.4. The summed E-state index contributed by atoms with van der Waals surface area (Å²) in [6, 6.07) is -2.96. The van der Waals surface area contributed by atoms with E-state index in [2.05, 4.69) is 43.0 Å². The molecule has 3 N–H and O–H groups in total. The van der Waals surface area contributed by atoms with E-state index >= 15 is 0 Å². The highest BCUT2D eigenvalue weighted by molar-refractivity contribution is 6.38. The van der Waals surface area contributed by atoms with E-state index in [1.54, 1.807) is 15.9 Å². The Morgan fingerprint density at radius 1 is 0.953 bits per heavy atom. The van der Waals surface area contributed by atoms with E-state index in [1.165, 1.54) is 6.08 Å². The first-order chi connectivity index (χ1) is 20.3. The Labute approximate surface area is 257 Å². The number of likely N-dealkylation sites (tertiary alicyclic amines) is 1. The van der Waals surface area contributed by atoms with Gasteiger partial charge in [-0.25, -0.2) is 4.79 Å². The number of carbonyl (C=O) groups excluding carboxylic acids is 5. The average molecular weight is 600 g/mol. The fraction of sp³-hybridized carbons (Fsp3) is 0.727. The molecule has 0 aromatic carbocycles. The minimum atomic E-state index is -1.05. The van der Waals surface area contributed by atoms with Crippen molar-refractivity contribution in [2.45, 2.75) is 117 Å². The minimum absolute atomic E-state index is 0.0181. The third-order valence-electron chi connectivity index (χ3n) is 9.70. The number of urea groups is 1. The monoisotopic (exact) mass is 599 g/mol. The highest BCUT2D eigenvalue weighted by Crippen LogP contribution is 2.65. The maximum Gasteiger partial charge on any atom is 0.318 e. The molecule has 1 saturated heterocycles. The highest BCUT2D eigenvalue weighted by Gasteiger charge is 2.69. The van der Waals surface area contributed by atoms with Gasteiger partial charge in [0.15, 0.2) is 0 Å². The van der Waals surface area contributed by atoms with Crippen LogP contribution in [-0.2, 0) is 19.2 Å². The SMILES string of the molecule is C=CCC[C@@H](NC(=O)[C@@H]1[C@@H]2C(CN1C(=O)[C@@H](NC(=O)N(C(C)C)C(C)C)C1CCCCC1)C2(C)C)C(=O)C(=O)NCC=C. The van der Waals surface area contributed by atoms with Crippen LogP contribution in [0.2, 0.25) is 0 Å². The Morgan fingerprint density at radius 2 is 1.58 bits per heavy atom. The molecular formula is C33H53N5O5. The van der Waals surface area contributed by atoms with Gasteiger partial charge in [-0.15, -0.1) is 13.2 Å². The molecule has 1 heterocycles.